The average Bonchev–Trinajstić information content (AvgIpc) is 2.37. The molecular formula is C15H19F2NO3S. The molecule has 1 unspecified atom stereocenters. The van der Waals surface area contributed by atoms with Crippen LogP contribution in [0.25, 0.3) is 0 Å². The van der Waals surface area contributed by atoms with Crippen molar-refractivity contribution in [3.8, 4) is 0 Å². The molecular weight excluding hydrogens is 312 g/mol. The summed E-state index contributed by atoms with van der Waals surface area (Å²) in [4.78, 5) is 24.8. The Hall–Kier alpha value is -1.63. The highest BCUT2D eigenvalue weighted by atomic mass is 32.2. The number of carbonyl (C=O) groups excluding carboxylic acids is 2. The van der Waals surface area contributed by atoms with E-state index in [1.165, 1.54) is 19.2 Å². The number of hydrogen-bond donors (Lipinski definition) is 0. The Morgan fingerprint density at radius 1 is 1.36 bits per heavy atom. The number of thioether (sulfide) groups is 1. The maximum atomic E-state index is 12.4. The van der Waals surface area contributed by atoms with Gasteiger partial charge in [0.2, 0.25) is 0 Å². The number of rotatable bonds is 5. The summed E-state index contributed by atoms with van der Waals surface area (Å²) in [7, 11) is 1.43. The molecule has 4 nitrogen and oxygen atoms in total. The molecule has 0 saturated heterocycles. The predicted molar refractivity (Wildman–Crippen MR) is 81.1 cm³/mol. The van der Waals surface area contributed by atoms with Gasteiger partial charge in [0.05, 0.1) is 0 Å². The van der Waals surface area contributed by atoms with Crippen molar-refractivity contribution in [1.82, 2.24) is 4.90 Å². The van der Waals surface area contributed by atoms with Gasteiger partial charge in [-0.25, -0.2) is 4.79 Å². The van der Waals surface area contributed by atoms with Crippen LogP contribution in [0.15, 0.2) is 29.2 Å². The van der Waals surface area contributed by atoms with Crippen molar-refractivity contribution in [2.45, 2.75) is 43.1 Å². The fourth-order valence-corrected chi connectivity index (χ4v) is 2.28. The van der Waals surface area contributed by atoms with Gasteiger partial charge in [-0.1, -0.05) is 23.9 Å². The Kier molecular flexibility index (Phi) is 6.34. The number of benzene rings is 1. The van der Waals surface area contributed by atoms with Crippen molar-refractivity contribution in [2.75, 3.05) is 7.05 Å². The van der Waals surface area contributed by atoms with Gasteiger partial charge in [0, 0.05) is 11.9 Å². The van der Waals surface area contributed by atoms with Gasteiger partial charge in [-0.3, -0.25) is 4.90 Å². The molecule has 0 aliphatic rings. The lowest BCUT2D eigenvalue weighted by Crippen LogP contribution is -2.37. The van der Waals surface area contributed by atoms with Crippen molar-refractivity contribution in [1.29, 1.82) is 0 Å². The van der Waals surface area contributed by atoms with Crippen LogP contribution in [-0.2, 0) is 9.53 Å². The summed E-state index contributed by atoms with van der Waals surface area (Å²) >= 11 is 0.387. The average molecular weight is 331 g/mol. The van der Waals surface area contributed by atoms with Crippen LogP contribution in [0.2, 0.25) is 0 Å². The van der Waals surface area contributed by atoms with Crippen LogP contribution in [0.4, 0.5) is 13.6 Å². The van der Waals surface area contributed by atoms with Crippen molar-refractivity contribution in [3.63, 3.8) is 0 Å². The number of likely N-dealkylation sites (N-methyl/N-ethyl adjacent to an activating group) is 1. The Balaban J connectivity index is 2.95. The molecule has 122 valence electrons. The number of nitrogens with zero attached hydrogens (tertiary/aromatic N) is 1. The van der Waals surface area contributed by atoms with Gasteiger partial charge in [-0.2, -0.15) is 8.78 Å². The molecule has 0 spiro atoms. The second kappa shape index (κ2) is 7.58. The first kappa shape index (κ1) is 18.4. The standard InChI is InChI=1S/C15H19F2NO3S/c1-15(2,3)21-14(20)18(4)12(9-19)10-6-5-7-11(8-10)22-13(16)17/h5-9,12-13H,1-4H3. The summed E-state index contributed by atoms with van der Waals surface area (Å²) in [5.41, 5.74) is -0.236. The van der Waals surface area contributed by atoms with E-state index in [1.54, 1.807) is 32.9 Å². The third-order valence-electron chi connectivity index (χ3n) is 2.65. The van der Waals surface area contributed by atoms with Gasteiger partial charge in [0.1, 0.15) is 17.9 Å². The Bertz CT molecular complexity index is 532. The van der Waals surface area contributed by atoms with E-state index in [1.807, 2.05) is 0 Å². The summed E-state index contributed by atoms with van der Waals surface area (Å²) in [6.45, 7) is 5.15. The van der Waals surface area contributed by atoms with Crippen LogP contribution in [-0.4, -0.2) is 35.7 Å². The van der Waals surface area contributed by atoms with Gasteiger partial charge >= 0.3 is 6.09 Å². The molecule has 0 N–H and O–H groups in total. The summed E-state index contributed by atoms with van der Waals surface area (Å²) in [5.74, 6) is -2.55. The van der Waals surface area contributed by atoms with Crippen LogP contribution < -0.4 is 0 Å². The minimum atomic E-state index is -2.55. The van der Waals surface area contributed by atoms with Crippen molar-refractivity contribution >= 4 is 24.1 Å². The molecule has 1 aromatic carbocycles. The van der Waals surface area contributed by atoms with Gasteiger partial charge in [-0.15, -0.1) is 0 Å². The fraction of sp³-hybridized carbons (Fsp3) is 0.467. The van der Waals surface area contributed by atoms with Crippen LogP contribution in [0.1, 0.15) is 32.4 Å². The normalized spacial score (nSPS) is 12.9. The van der Waals surface area contributed by atoms with Crippen molar-refractivity contribution in [2.24, 2.45) is 0 Å². The minimum absolute atomic E-state index is 0.330. The Morgan fingerprint density at radius 3 is 2.50 bits per heavy atom. The maximum absolute atomic E-state index is 12.4. The lowest BCUT2D eigenvalue weighted by atomic mass is 10.1. The van der Waals surface area contributed by atoms with E-state index in [9.17, 15) is 18.4 Å². The first-order chi connectivity index (χ1) is 10.1. The number of halogens is 2. The SMILES string of the molecule is CN(C(=O)OC(C)(C)C)C(C=O)c1cccc(SC(F)F)c1. The Morgan fingerprint density at radius 2 is 2.00 bits per heavy atom. The first-order valence-electron chi connectivity index (χ1n) is 6.60. The fourth-order valence-electron chi connectivity index (χ4n) is 1.72. The van der Waals surface area contributed by atoms with Crippen molar-refractivity contribution in [3.05, 3.63) is 29.8 Å². The number of carbonyl (C=O) groups is 2. The molecule has 0 bridgehead atoms. The van der Waals surface area contributed by atoms with Crippen LogP contribution >= 0.6 is 11.8 Å². The summed E-state index contributed by atoms with van der Waals surface area (Å²) in [6.07, 6.45) is -0.0766. The molecule has 0 radical (unpaired) electrons. The number of ether oxygens (including phenoxy) is 1. The van der Waals surface area contributed by atoms with E-state index in [-0.39, 0.29) is 0 Å². The highest BCUT2D eigenvalue weighted by Crippen LogP contribution is 2.28. The van der Waals surface area contributed by atoms with Crippen LogP contribution in [0.5, 0.6) is 0 Å². The van der Waals surface area contributed by atoms with Crippen LogP contribution in [0.3, 0.4) is 0 Å². The number of hydrogen-bond acceptors (Lipinski definition) is 4. The molecule has 7 heteroatoms. The van der Waals surface area contributed by atoms with Gasteiger partial charge in [-0.05, 0) is 38.5 Å². The van der Waals surface area contributed by atoms with E-state index < -0.39 is 23.5 Å². The predicted octanol–water partition coefficient (Wildman–Crippen LogP) is 4.11. The molecule has 0 heterocycles. The largest absolute Gasteiger partial charge is 0.444 e. The molecule has 0 aromatic heterocycles. The number of aldehydes is 1. The second-order valence-corrected chi connectivity index (χ2v) is 6.69. The number of alkyl halides is 2. The maximum Gasteiger partial charge on any atom is 0.410 e. The summed E-state index contributed by atoms with van der Waals surface area (Å²) < 4.78 is 30.0. The van der Waals surface area contributed by atoms with Gasteiger partial charge in [0.15, 0.2) is 0 Å². The smallest absolute Gasteiger partial charge is 0.410 e. The number of amides is 1. The molecule has 0 fully saturated rings. The molecule has 0 saturated carbocycles. The van der Waals surface area contributed by atoms with Gasteiger partial charge in [0.25, 0.3) is 5.76 Å². The van der Waals surface area contributed by atoms with E-state index in [4.69, 9.17) is 4.74 Å². The zero-order valence-corrected chi connectivity index (χ0v) is 13.7. The highest BCUT2D eigenvalue weighted by Gasteiger charge is 2.26. The van der Waals surface area contributed by atoms with Crippen LogP contribution in [0, 0.1) is 0 Å². The highest BCUT2D eigenvalue weighted by molar-refractivity contribution is 7.99. The molecule has 1 atom stereocenters. The second-order valence-electron chi connectivity index (χ2n) is 5.62. The van der Waals surface area contributed by atoms with Crippen molar-refractivity contribution < 1.29 is 23.1 Å². The quantitative estimate of drug-likeness (QED) is 0.602. The molecule has 0 aliphatic heterocycles. The zero-order chi connectivity index (χ0) is 16.9. The third kappa shape index (κ3) is 5.63. The summed E-state index contributed by atoms with van der Waals surface area (Å²) in [6, 6.07) is 5.27. The van der Waals surface area contributed by atoms with E-state index in [0.717, 1.165) is 4.90 Å². The monoisotopic (exact) mass is 331 g/mol. The lowest BCUT2D eigenvalue weighted by Gasteiger charge is -2.28. The first-order valence-corrected chi connectivity index (χ1v) is 7.48. The summed E-state index contributed by atoms with van der Waals surface area (Å²) in [5, 5.41) is 0. The molecule has 1 rings (SSSR count). The lowest BCUT2D eigenvalue weighted by molar-refractivity contribution is -0.112. The third-order valence-corrected chi connectivity index (χ3v) is 3.36. The van der Waals surface area contributed by atoms with Gasteiger partial charge < -0.3 is 9.53 Å². The zero-order valence-electron chi connectivity index (χ0n) is 12.9. The minimum Gasteiger partial charge on any atom is -0.444 e. The molecule has 22 heavy (non-hydrogen) atoms. The Labute approximate surface area is 132 Å². The molecule has 1 amide bonds. The van der Waals surface area contributed by atoms with E-state index in [2.05, 4.69) is 0 Å². The molecule has 0 aliphatic carbocycles. The van der Waals surface area contributed by atoms with E-state index in [0.29, 0.717) is 28.5 Å². The van der Waals surface area contributed by atoms with E-state index >= 15 is 0 Å². The topological polar surface area (TPSA) is 46.6 Å². The molecule has 1 aromatic rings.